The molecule has 0 aliphatic heterocycles. The molecule has 0 amide bonds. The summed E-state index contributed by atoms with van der Waals surface area (Å²) in [5.74, 6) is 2.17. The zero-order valence-corrected chi connectivity index (χ0v) is 6.05. The van der Waals surface area contributed by atoms with Crippen LogP contribution in [0.3, 0.4) is 0 Å². The van der Waals surface area contributed by atoms with E-state index in [4.69, 9.17) is 5.11 Å². The SMILES string of the molecule is NOCc1c(F)ccc(O)c1F. The summed E-state index contributed by atoms with van der Waals surface area (Å²) in [6.07, 6.45) is 0. The van der Waals surface area contributed by atoms with Crippen molar-refractivity contribution in [2.75, 3.05) is 0 Å². The molecule has 1 aromatic carbocycles. The monoisotopic (exact) mass is 175 g/mol. The molecule has 0 heterocycles. The van der Waals surface area contributed by atoms with E-state index in [1.54, 1.807) is 0 Å². The molecule has 3 nitrogen and oxygen atoms in total. The molecule has 0 unspecified atom stereocenters. The number of phenols is 1. The lowest BCUT2D eigenvalue weighted by molar-refractivity contribution is 0.118. The fourth-order valence-corrected chi connectivity index (χ4v) is 0.801. The third-order valence-corrected chi connectivity index (χ3v) is 1.39. The predicted octanol–water partition coefficient (Wildman–Crippen LogP) is 1.06. The van der Waals surface area contributed by atoms with Gasteiger partial charge >= 0.3 is 0 Å². The summed E-state index contributed by atoms with van der Waals surface area (Å²) in [6, 6.07) is 1.86. The average molecular weight is 175 g/mol. The second-order valence-corrected chi connectivity index (χ2v) is 2.17. The summed E-state index contributed by atoms with van der Waals surface area (Å²) in [4.78, 5) is 4.05. The molecule has 12 heavy (non-hydrogen) atoms. The van der Waals surface area contributed by atoms with Crippen molar-refractivity contribution in [2.24, 2.45) is 5.90 Å². The van der Waals surface area contributed by atoms with Gasteiger partial charge in [0.05, 0.1) is 12.2 Å². The Balaban J connectivity index is 3.14. The summed E-state index contributed by atoms with van der Waals surface area (Å²) in [7, 11) is 0. The minimum absolute atomic E-state index is 0.377. The first-order valence-electron chi connectivity index (χ1n) is 3.14. The number of aromatic hydroxyl groups is 1. The van der Waals surface area contributed by atoms with Crippen molar-refractivity contribution in [2.45, 2.75) is 6.61 Å². The van der Waals surface area contributed by atoms with Crippen LogP contribution in [0.25, 0.3) is 0 Å². The van der Waals surface area contributed by atoms with Crippen molar-refractivity contribution in [1.82, 2.24) is 0 Å². The Morgan fingerprint density at radius 1 is 1.42 bits per heavy atom. The highest BCUT2D eigenvalue weighted by Crippen LogP contribution is 2.21. The molecule has 0 aliphatic carbocycles. The van der Waals surface area contributed by atoms with E-state index in [1.165, 1.54) is 0 Å². The van der Waals surface area contributed by atoms with E-state index in [0.29, 0.717) is 0 Å². The number of hydrogen-bond acceptors (Lipinski definition) is 3. The Morgan fingerprint density at radius 2 is 2.08 bits per heavy atom. The third-order valence-electron chi connectivity index (χ3n) is 1.39. The van der Waals surface area contributed by atoms with Crippen LogP contribution in [0.15, 0.2) is 12.1 Å². The van der Waals surface area contributed by atoms with Crippen LogP contribution in [0.4, 0.5) is 8.78 Å². The Hall–Kier alpha value is -1.20. The molecule has 0 fully saturated rings. The highest BCUT2D eigenvalue weighted by Gasteiger charge is 2.12. The van der Waals surface area contributed by atoms with E-state index in [1.807, 2.05) is 0 Å². The van der Waals surface area contributed by atoms with Gasteiger partial charge in [0.2, 0.25) is 0 Å². The summed E-state index contributed by atoms with van der Waals surface area (Å²) in [5, 5.41) is 8.81. The molecule has 0 aromatic heterocycles. The minimum Gasteiger partial charge on any atom is -0.505 e. The van der Waals surface area contributed by atoms with E-state index < -0.39 is 24.0 Å². The van der Waals surface area contributed by atoms with Gasteiger partial charge in [-0.1, -0.05) is 0 Å². The van der Waals surface area contributed by atoms with Crippen LogP contribution in [0.5, 0.6) is 5.75 Å². The first-order valence-corrected chi connectivity index (χ1v) is 3.14. The molecule has 1 aromatic rings. The van der Waals surface area contributed by atoms with Gasteiger partial charge in [0.15, 0.2) is 11.6 Å². The second-order valence-electron chi connectivity index (χ2n) is 2.17. The van der Waals surface area contributed by atoms with Gasteiger partial charge in [-0.25, -0.2) is 14.7 Å². The number of hydrogen-bond donors (Lipinski definition) is 2. The topological polar surface area (TPSA) is 55.5 Å². The molecule has 0 radical (unpaired) electrons. The molecule has 0 saturated heterocycles. The standard InChI is InChI=1S/C7H7F2NO2/c8-5-1-2-6(11)7(9)4(5)3-12-10/h1-2,11H,3,10H2. The zero-order valence-electron chi connectivity index (χ0n) is 6.05. The van der Waals surface area contributed by atoms with Gasteiger partial charge in [0, 0.05) is 0 Å². The van der Waals surface area contributed by atoms with Crippen LogP contribution in [0.2, 0.25) is 0 Å². The van der Waals surface area contributed by atoms with E-state index in [0.717, 1.165) is 12.1 Å². The maximum Gasteiger partial charge on any atom is 0.173 e. The molecule has 66 valence electrons. The predicted molar refractivity (Wildman–Crippen MR) is 37.0 cm³/mol. The molecule has 0 bridgehead atoms. The molecular weight excluding hydrogens is 168 g/mol. The maximum absolute atomic E-state index is 12.8. The van der Waals surface area contributed by atoms with Crippen LogP contribution in [0.1, 0.15) is 5.56 Å². The number of rotatable bonds is 2. The lowest BCUT2D eigenvalue weighted by Crippen LogP contribution is -2.03. The number of benzene rings is 1. The van der Waals surface area contributed by atoms with Crippen molar-refractivity contribution >= 4 is 0 Å². The quantitative estimate of drug-likeness (QED) is 0.661. The molecule has 1 rings (SSSR count). The smallest absolute Gasteiger partial charge is 0.173 e. The normalized spacial score (nSPS) is 10.2. The van der Waals surface area contributed by atoms with Crippen molar-refractivity contribution < 1.29 is 18.7 Å². The summed E-state index contributed by atoms with van der Waals surface area (Å²) in [5.41, 5.74) is -0.377. The van der Waals surface area contributed by atoms with Crippen molar-refractivity contribution in [1.29, 1.82) is 0 Å². The lowest BCUT2D eigenvalue weighted by Gasteiger charge is -2.03. The molecule has 0 spiro atoms. The van der Waals surface area contributed by atoms with Crippen molar-refractivity contribution in [3.05, 3.63) is 29.3 Å². The molecule has 0 atom stereocenters. The van der Waals surface area contributed by atoms with Crippen LogP contribution in [0, 0.1) is 11.6 Å². The van der Waals surface area contributed by atoms with Gasteiger partial charge in [-0.3, -0.25) is 4.84 Å². The van der Waals surface area contributed by atoms with Crippen molar-refractivity contribution in [3.8, 4) is 5.75 Å². The van der Waals surface area contributed by atoms with Gasteiger partial charge in [-0.15, -0.1) is 0 Å². The summed E-state index contributed by atoms with van der Waals surface area (Å²) >= 11 is 0. The van der Waals surface area contributed by atoms with E-state index >= 15 is 0 Å². The Labute approximate surface area is 67.3 Å². The zero-order chi connectivity index (χ0) is 9.14. The van der Waals surface area contributed by atoms with Crippen molar-refractivity contribution in [3.63, 3.8) is 0 Å². The van der Waals surface area contributed by atoms with Crippen LogP contribution in [-0.4, -0.2) is 5.11 Å². The molecule has 5 heteroatoms. The Bertz CT molecular complexity index is 291. The maximum atomic E-state index is 12.8. The number of nitrogens with two attached hydrogens (primary N) is 1. The highest BCUT2D eigenvalue weighted by molar-refractivity contribution is 5.30. The van der Waals surface area contributed by atoms with Crippen LogP contribution >= 0.6 is 0 Å². The Kier molecular flexibility index (Phi) is 2.57. The fourth-order valence-electron chi connectivity index (χ4n) is 0.801. The molecule has 0 saturated carbocycles. The number of halogens is 2. The van der Waals surface area contributed by atoms with E-state index in [-0.39, 0.29) is 5.56 Å². The summed E-state index contributed by atoms with van der Waals surface area (Å²) in [6.45, 7) is -0.411. The van der Waals surface area contributed by atoms with Gasteiger partial charge in [-0.05, 0) is 12.1 Å². The van der Waals surface area contributed by atoms with Gasteiger partial charge in [-0.2, -0.15) is 0 Å². The van der Waals surface area contributed by atoms with Gasteiger partial charge in [0.25, 0.3) is 0 Å². The first-order chi connectivity index (χ1) is 5.66. The first kappa shape index (κ1) is 8.89. The average Bonchev–Trinajstić information content (AvgIpc) is 2.06. The van der Waals surface area contributed by atoms with Crippen LogP contribution in [-0.2, 0) is 11.4 Å². The fraction of sp³-hybridized carbons (Fsp3) is 0.143. The van der Waals surface area contributed by atoms with Gasteiger partial charge < -0.3 is 5.11 Å². The largest absolute Gasteiger partial charge is 0.505 e. The molecule has 3 N–H and O–H groups in total. The highest BCUT2D eigenvalue weighted by atomic mass is 19.1. The third kappa shape index (κ3) is 1.51. The van der Waals surface area contributed by atoms with Crippen LogP contribution < -0.4 is 5.90 Å². The Morgan fingerprint density at radius 3 is 2.67 bits per heavy atom. The number of phenolic OH excluding ortho intramolecular Hbond substituents is 1. The summed E-state index contributed by atoms with van der Waals surface area (Å²) < 4.78 is 25.6. The van der Waals surface area contributed by atoms with Gasteiger partial charge in [0.1, 0.15) is 5.82 Å². The molecule has 0 aliphatic rings. The molecular formula is C7H7F2NO2. The van der Waals surface area contributed by atoms with E-state index in [2.05, 4.69) is 10.7 Å². The second kappa shape index (κ2) is 3.46. The lowest BCUT2D eigenvalue weighted by atomic mass is 10.2. The van der Waals surface area contributed by atoms with E-state index in [9.17, 15) is 8.78 Å². The minimum atomic E-state index is -1.04.